The van der Waals surface area contributed by atoms with Gasteiger partial charge < -0.3 is 5.11 Å². The molecule has 6 nitrogen and oxygen atoms in total. The van der Waals surface area contributed by atoms with E-state index in [9.17, 15) is 18.3 Å². The van der Waals surface area contributed by atoms with E-state index in [1.54, 1.807) is 0 Å². The van der Waals surface area contributed by atoms with Crippen molar-refractivity contribution in [3.63, 3.8) is 0 Å². The Bertz CT molecular complexity index is 451. The molecule has 3 unspecified atom stereocenters. The van der Waals surface area contributed by atoms with Crippen molar-refractivity contribution in [3.8, 4) is 0 Å². The molecule has 7 heteroatoms. The number of hydrogen-bond acceptors (Lipinski definition) is 3. The molecule has 20 heavy (non-hydrogen) atoms. The number of nitrogens with zero attached hydrogens (tertiary/aromatic N) is 1. The van der Waals surface area contributed by atoms with Crippen LogP contribution in [-0.2, 0) is 15.0 Å². The summed E-state index contributed by atoms with van der Waals surface area (Å²) in [7, 11) is -3.70. The van der Waals surface area contributed by atoms with E-state index in [0.717, 1.165) is 42.8 Å². The Morgan fingerprint density at radius 2 is 1.95 bits per heavy atom. The summed E-state index contributed by atoms with van der Waals surface area (Å²) in [6.07, 6.45) is 5.74. The van der Waals surface area contributed by atoms with Crippen LogP contribution in [0.15, 0.2) is 0 Å². The first-order valence-corrected chi connectivity index (χ1v) is 8.86. The van der Waals surface area contributed by atoms with Crippen molar-refractivity contribution in [1.82, 2.24) is 9.03 Å². The average molecular weight is 304 g/mol. The zero-order valence-electron chi connectivity index (χ0n) is 11.9. The Labute approximate surface area is 120 Å². The smallest absolute Gasteiger partial charge is 0.322 e. The van der Waals surface area contributed by atoms with E-state index in [-0.39, 0.29) is 6.04 Å². The minimum atomic E-state index is -3.70. The fourth-order valence-electron chi connectivity index (χ4n) is 3.26. The molecule has 0 aromatic heterocycles. The Kier molecular flexibility index (Phi) is 5.04. The second-order valence-corrected chi connectivity index (χ2v) is 7.71. The number of carboxylic acids is 1. The molecule has 1 aliphatic heterocycles. The molecule has 2 aliphatic rings. The highest BCUT2D eigenvalue weighted by atomic mass is 32.2. The van der Waals surface area contributed by atoms with Crippen LogP contribution in [0, 0.1) is 5.92 Å². The third-order valence-electron chi connectivity index (χ3n) is 4.30. The molecule has 0 spiro atoms. The van der Waals surface area contributed by atoms with E-state index in [1.807, 2.05) is 0 Å². The van der Waals surface area contributed by atoms with E-state index < -0.39 is 22.2 Å². The molecule has 2 N–H and O–H groups in total. The first kappa shape index (κ1) is 15.7. The average Bonchev–Trinajstić information content (AvgIpc) is 2.38. The number of nitrogens with one attached hydrogen (secondary N) is 1. The fraction of sp³-hybridized carbons (Fsp3) is 0.923. The molecule has 0 aromatic rings. The molecule has 0 radical (unpaired) electrons. The molecule has 1 saturated carbocycles. The van der Waals surface area contributed by atoms with E-state index in [0.29, 0.717) is 18.9 Å². The van der Waals surface area contributed by atoms with E-state index in [1.165, 1.54) is 0 Å². The summed E-state index contributed by atoms with van der Waals surface area (Å²) in [5.74, 6) is -0.528. The summed E-state index contributed by atoms with van der Waals surface area (Å²) < 4.78 is 28.7. The maximum absolute atomic E-state index is 12.4. The number of aliphatic carboxylic acids is 1. The second-order valence-electron chi connectivity index (χ2n) is 6.05. The predicted octanol–water partition coefficient (Wildman–Crippen LogP) is 1.34. The van der Waals surface area contributed by atoms with Gasteiger partial charge in [0.05, 0.1) is 0 Å². The van der Waals surface area contributed by atoms with Gasteiger partial charge in [-0.2, -0.15) is 17.4 Å². The summed E-state index contributed by atoms with van der Waals surface area (Å²) in [6, 6.07) is -0.970. The normalized spacial score (nSPS) is 33.0. The van der Waals surface area contributed by atoms with Crippen LogP contribution in [0.3, 0.4) is 0 Å². The number of carbonyl (C=O) groups is 1. The van der Waals surface area contributed by atoms with Crippen LogP contribution < -0.4 is 4.72 Å². The number of piperidine rings is 1. The van der Waals surface area contributed by atoms with E-state index in [2.05, 4.69) is 11.6 Å². The monoisotopic (exact) mass is 304 g/mol. The largest absolute Gasteiger partial charge is 0.480 e. The van der Waals surface area contributed by atoms with Crippen molar-refractivity contribution < 1.29 is 18.3 Å². The molecule has 116 valence electrons. The van der Waals surface area contributed by atoms with Gasteiger partial charge in [-0.1, -0.05) is 19.8 Å². The van der Waals surface area contributed by atoms with Gasteiger partial charge in [0, 0.05) is 12.6 Å². The maximum atomic E-state index is 12.4. The van der Waals surface area contributed by atoms with Crippen molar-refractivity contribution in [2.75, 3.05) is 6.54 Å². The molecule has 2 fully saturated rings. The van der Waals surface area contributed by atoms with Crippen LogP contribution in [0.1, 0.15) is 51.9 Å². The number of rotatable bonds is 4. The van der Waals surface area contributed by atoms with Gasteiger partial charge in [-0.15, -0.1) is 0 Å². The van der Waals surface area contributed by atoms with Gasteiger partial charge in [0.15, 0.2) is 0 Å². The molecule has 1 aliphatic carbocycles. The minimum Gasteiger partial charge on any atom is -0.480 e. The highest BCUT2D eigenvalue weighted by Crippen LogP contribution is 2.26. The summed E-state index contributed by atoms with van der Waals surface area (Å²) in [4.78, 5) is 11.2. The van der Waals surface area contributed by atoms with Gasteiger partial charge >= 0.3 is 5.97 Å². The standard InChI is InChI=1S/C13H24N2O4S/c1-10-5-4-6-11(9-10)14-20(18,19)15-8-3-2-7-12(15)13(16)17/h10-12,14H,2-9H2,1H3,(H,16,17). The lowest BCUT2D eigenvalue weighted by molar-refractivity contribution is -0.142. The lowest BCUT2D eigenvalue weighted by atomic mass is 9.88. The summed E-state index contributed by atoms with van der Waals surface area (Å²) in [6.45, 7) is 2.43. The van der Waals surface area contributed by atoms with Crippen LogP contribution in [0.5, 0.6) is 0 Å². The van der Waals surface area contributed by atoms with Crippen molar-refractivity contribution in [1.29, 1.82) is 0 Å². The molecule has 0 bridgehead atoms. The Morgan fingerprint density at radius 1 is 1.20 bits per heavy atom. The SMILES string of the molecule is CC1CCCC(NS(=O)(=O)N2CCCCC2C(=O)O)C1. The maximum Gasteiger partial charge on any atom is 0.322 e. The second kappa shape index (κ2) is 6.41. The molecular formula is C13H24N2O4S. The summed E-state index contributed by atoms with van der Waals surface area (Å²) in [5.41, 5.74) is 0. The third kappa shape index (κ3) is 3.71. The van der Waals surface area contributed by atoms with Gasteiger partial charge in [-0.05, 0) is 38.0 Å². The van der Waals surface area contributed by atoms with Gasteiger partial charge in [0.2, 0.25) is 0 Å². The number of carboxylic acid groups (broad SMARTS) is 1. The Hall–Kier alpha value is -0.660. The first-order valence-electron chi connectivity index (χ1n) is 7.42. The number of hydrogen-bond donors (Lipinski definition) is 2. The Balaban J connectivity index is 2.06. The summed E-state index contributed by atoms with van der Waals surface area (Å²) in [5, 5.41) is 9.19. The van der Waals surface area contributed by atoms with Gasteiger partial charge in [-0.3, -0.25) is 4.79 Å². The van der Waals surface area contributed by atoms with Gasteiger partial charge in [0.25, 0.3) is 10.2 Å². The predicted molar refractivity (Wildman–Crippen MR) is 75.5 cm³/mol. The van der Waals surface area contributed by atoms with Crippen LogP contribution in [0.4, 0.5) is 0 Å². The lowest BCUT2D eigenvalue weighted by Crippen LogP contribution is -2.54. The first-order chi connectivity index (χ1) is 9.40. The van der Waals surface area contributed by atoms with Crippen molar-refractivity contribution in [2.24, 2.45) is 5.92 Å². The van der Waals surface area contributed by atoms with Crippen molar-refractivity contribution in [2.45, 2.75) is 64.0 Å². The molecule has 3 atom stereocenters. The molecule has 1 heterocycles. The van der Waals surface area contributed by atoms with Crippen molar-refractivity contribution in [3.05, 3.63) is 0 Å². The zero-order chi connectivity index (χ0) is 14.8. The van der Waals surface area contributed by atoms with Crippen LogP contribution in [-0.4, -0.2) is 42.4 Å². The van der Waals surface area contributed by atoms with Crippen LogP contribution in [0.25, 0.3) is 0 Å². The van der Waals surface area contributed by atoms with E-state index >= 15 is 0 Å². The Morgan fingerprint density at radius 3 is 2.60 bits per heavy atom. The van der Waals surface area contributed by atoms with Crippen LogP contribution >= 0.6 is 0 Å². The highest BCUT2D eigenvalue weighted by molar-refractivity contribution is 7.87. The molecule has 0 amide bonds. The minimum absolute atomic E-state index is 0.0554. The van der Waals surface area contributed by atoms with Crippen molar-refractivity contribution >= 4 is 16.2 Å². The third-order valence-corrected chi connectivity index (χ3v) is 5.99. The topological polar surface area (TPSA) is 86.7 Å². The van der Waals surface area contributed by atoms with Gasteiger partial charge in [0.1, 0.15) is 6.04 Å². The lowest BCUT2D eigenvalue weighted by Gasteiger charge is -2.34. The zero-order valence-corrected chi connectivity index (χ0v) is 12.7. The quantitative estimate of drug-likeness (QED) is 0.820. The van der Waals surface area contributed by atoms with E-state index in [4.69, 9.17) is 0 Å². The fourth-order valence-corrected chi connectivity index (χ4v) is 4.93. The van der Waals surface area contributed by atoms with Gasteiger partial charge in [-0.25, -0.2) is 0 Å². The summed E-state index contributed by atoms with van der Waals surface area (Å²) >= 11 is 0. The van der Waals surface area contributed by atoms with Crippen LogP contribution in [0.2, 0.25) is 0 Å². The molecule has 1 saturated heterocycles. The molecule has 2 rings (SSSR count). The highest BCUT2D eigenvalue weighted by Gasteiger charge is 2.38. The molecular weight excluding hydrogens is 280 g/mol. The molecule has 0 aromatic carbocycles.